The van der Waals surface area contributed by atoms with Crippen LogP contribution in [0.2, 0.25) is 0 Å². The summed E-state index contributed by atoms with van der Waals surface area (Å²) in [5.74, 6) is 1.24. The number of thioether (sulfide) groups is 1. The van der Waals surface area contributed by atoms with E-state index in [-0.39, 0.29) is 0 Å². The van der Waals surface area contributed by atoms with Crippen molar-refractivity contribution in [3.8, 4) is 0 Å². The van der Waals surface area contributed by atoms with Gasteiger partial charge in [-0.2, -0.15) is 11.8 Å². The van der Waals surface area contributed by atoms with Gasteiger partial charge >= 0.3 is 0 Å². The molecule has 0 spiro atoms. The second-order valence-electron chi connectivity index (χ2n) is 3.74. The number of fused-ring (bicyclic) bond motifs is 1. The topological polar surface area (TPSA) is 12.0 Å². The van der Waals surface area contributed by atoms with Crippen LogP contribution in [0.4, 0.5) is 0 Å². The van der Waals surface area contributed by atoms with E-state index in [1.165, 1.54) is 29.7 Å². The predicted molar refractivity (Wildman–Crippen MR) is 63.9 cm³/mol. The second kappa shape index (κ2) is 4.85. The molecular weight excluding hydrogens is 190 g/mol. The number of hydrogen-bond acceptors (Lipinski definition) is 2. The minimum Gasteiger partial charge on any atom is -0.310 e. The van der Waals surface area contributed by atoms with E-state index in [0.717, 1.165) is 6.54 Å². The van der Waals surface area contributed by atoms with Crippen molar-refractivity contribution in [2.24, 2.45) is 0 Å². The smallest absolute Gasteiger partial charge is 0.0330 e. The molecule has 0 amide bonds. The summed E-state index contributed by atoms with van der Waals surface area (Å²) in [4.78, 5) is 0. The Kier molecular flexibility index (Phi) is 3.49. The third kappa shape index (κ3) is 2.12. The summed E-state index contributed by atoms with van der Waals surface area (Å²) in [6.45, 7) is 1.13. The van der Waals surface area contributed by atoms with Crippen molar-refractivity contribution < 1.29 is 0 Å². The molecule has 1 aliphatic heterocycles. The maximum Gasteiger partial charge on any atom is 0.0330 e. The van der Waals surface area contributed by atoms with Crippen LogP contribution in [0.5, 0.6) is 0 Å². The molecule has 1 N–H and O–H groups in total. The normalized spacial score (nSPS) is 20.5. The van der Waals surface area contributed by atoms with Crippen LogP contribution in [0.25, 0.3) is 0 Å². The molecule has 0 aromatic heterocycles. The fraction of sp³-hybridized carbons (Fsp3) is 0.500. The summed E-state index contributed by atoms with van der Waals surface area (Å²) in [6.07, 6.45) is 4.61. The molecule has 14 heavy (non-hydrogen) atoms. The fourth-order valence-corrected chi connectivity index (χ4v) is 2.56. The lowest BCUT2D eigenvalue weighted by Crippen LogP contribution is -2.30. The number of benzene rings is 1. The zero-order chi connectivity index (χ0) is 9.80. The lowest BCUT2D eigenvalue weighted by molar-refractivity contribution is 0.495. The first-order chi connectivity index (χ1) is 6.92. The quantitative estimate of drug-likeness (QED) is 0.817. The second-order valence-corrected chi connectivity index (χ2v) is 4.72. The summed E-state index contributed by atoms with van der Waals surface area (Å²) >= 11 is 1.93. The molecular formula is C12H17NS. The van der Waals surface area contributed by atoms with Crippen LogP contribution in [0.1, 0.15) is 23.6 Å². The lowest BCUT2D eigenvalue weighted by atomic mass is 9.93. The standard InChI is InChI=1S/C12H17NS/c1-14-9-7-12-11-5-3-2-4-10(11)6-8-13-12/h2-5,12-13H,6-9H2,1H3. The molecule has 0 saturated heterocycles. The van der Waals surface area contributed by atoms with Gasteiger partial charge in [0.25, 0.3) is 0 Å². The van der Waals surface area contributed by atoms with Gasteiger partial charge in [0.1, 0.15) is 0 Å². The minimum absolute atomic E-state index is 0.590. The summed E-state index contributed by atoms with van der Waals surface area (Å²) < 4.78 is 0. The van der Waals surface area contributed by atoms with Crippen LogP contribution in [-0.4, -0.2) is 18.6 Å². The monoisotopic (exact) mass is 207 g/mol. The van der Waals surface area contributed by atoms with Crippen LogP contribution < -0.4 is 5.32 Å². The van der Waals surface area contributed by atoms with E-state index in [4.69, 9.17) is 0 Å². The molecule has 1 atom stereocenters. The highest BCUT2D eigenvalue weighted by molar-refractivity contribution is 7.98. The first-order valence-corrected chi connectivity index (χ1v) is 6.61. The Bertz CT molecular complexity index is 298. The van der Waals surface area contributed by atoms with Gasteiger partial charge < -0.3 is 5.32 Å². The molecule has 76 valence electrons. The lowest BCUT2D eigenvalue weighted by Gasteiger charge is -2.26. The summed E-state index contributed by atoms with van der Waals surface area (Å²) in [6, 6.07) is 9.43. The average molecular weight is 207 g/mol. The van der Waals surface area contributed by atoms with Crippen molar-refractivity contribution >= 4 is 11.8 Å². The third-order valence-corrected chi connectivity index (χ3v) is 3.47. The van der Waals surface area contributed by atoms with Crippen LogP contribution in [-0.2, 0) is 6.42 Å². The molecule has 1 aromatic rings. The highest BCUT2D eigenvalue weighted by atomic mass is 32.2. The molecule has 1 aromatic carbocycles. The Labute approximate surface area is 90.3 Å². The van der Waals surface area contributed by atoms with Gasteiger partial charge in [0, 0.05) is 6.04 Å². The van der Waals surface area contributed by atoms with Crippen molar-refractivity contribution in [2.75, 3.05) is 18.6 Å². The SMILES string of the molecule is CSCCC1NCCc2ccccc21. The Hall–Kier alpha value is -0.470. The highest BCUT2D eigenvalue weighted by Gasteiger charge is 2.17. The van der Waals surface area contributed by atoms with Gasteiger partial charge in [0.15, 0.2) is 0 Å². The first kappa shape index (κ1) is 10.1. The molecule has 1 heterocycles. The Morgan fingerprint density at radius 3 is 3.14 bits per heavy atom. The van der Waals surface area contributed by atoms with Crippen LogP contribution >= 0.6 is 11.8 Å². The van der Waals surface area contributed by atoms with Gasteiger partial charge in [-0.05, 0) is 42.5 Å². The van der Waals surface area contributed by atoms with E-state index in [1.54, 1.807) is 0 Å². The summed E-state index contributed by atoms with van der Waals surface area (Å²) in [5, 5.41) is 3.60. The van der Waals surface area contributed by atoms with Crippen LogP contribution in [0, 0.1) is 0 Å². The van der Waals surface area contributed by atoms with E-state index in [0.29, 0.717) is 6.04 Å². The Balaban J connectivity index is 2.14. The van der Waals surface area contributed by atoms with Gasteiger partial charge in [-0.15, -0.1) is 0 Å². The van der Waals surface area contributed by atoms with Crippen molar-refractivity contribution in [1.82, 2.24) is 5.32 Å². The molecule has 0 radical (unpaired) electrons. The third-order valence-electron chi connectivity index (χ3n) is 2.83. The van der Waals surface area contributed by atoms with E-state index in [9.17, 15) is 0 Å². The fourth-order valence-electron chi connectivity index (χ4n) is 2.09. The molecule has 2 rings (SSSR count). The van der Waals surface area contributed by atoms with Gasteiger partial charge in [0.2, 0.25) is 0 Å². The zero-order valence-corrected chi connectivity index (χ0v) is 9.44. The van der Waals surface area contributed by atoms with Crippen molar-refractivity contribution in [3.05, 3.63) is 35.4 Å². The highest BCUT2D eigenvalue weighted by Crippen LogP contribution is 2.25. The molecule has 2 heteroatoms. The summed E-state index contributed by atoms with van der Waals surface area (Å²) in [5.41, 5.74) is 3.06. The van der Waals surface area contributed by atoms with Crippen molar-refractivity contribution in [1.29, 1.82) is 0 Å². The first-order valence-electron chi connectivity index (χ1n) is 5.22. The maximum absolute atomic E-state index is 3.60. The maximum atomic E-state index is 3.60. The van der Waals surface area contributed by atoms with Crippen molar-refractivity contribution in [2.45, 2.75) is 18.9 Å². The Morgan fingerprint density at radius 1 is 1.43 bits per heavy atom. The molecule has 1 aliphatic rings. The number of rotatable bonds is 3. The number of nitrogens with one attached hydrogen (secondary N) is 1. The van der Waals surface area contributed by atoms with Crippen LogP contribution in [0.3, 0.4) is 0 Å². The average Bonchev–Trinajstić information content (AvgIpc) is 2.26. The van der Waals surface area contributed by atoms with Gasteiger partial charge in [0.05, 0.1) is 0 Å². The number of hydrogen-bond donors (Lipinski definition) is 1. The van der Waals surface area contributed by atoms with E-state index >= 15 is 0 Å². The van der Waals surface area contributed by atoms with E-state index in [2.05, 4.69) is 35.8 Å². The zero-order valence-electron chi connectivity index (χ0n) is 8.62. The molecule has 1 unspecified atom stereocenters. The molecule has 0 saturated carbocycles. The molecule has 0 aliphatic carbocycles. The van der Waals surface area contributed by atoms with Gasteiger partial charge in [-0.1, -0.05) is 24.3 Å². The van der Waals surface area contributed by atoms with Gasteiger partial charge in [-0.3, -0.25) is 0 Å². The molecule has 1 nitrogen and oxygen atoms in total. The predicted octanol–water partition coefficient (Wildman–Crippen LogP) is 2.63. The van der Waals surface area contributed by atoms with E-state index in [1.807, 2.05) is 11.8 Å². The summed E-state index contributed by atoms with van der Waals surface area (Å²) in [7, 11) is 0. The van der Waals surface area contributed by atoms with Crippen molar-refractivity contribution in [3.63, 3.8) is 0 Å². The molecule has 0 bridgehead atoms. The molecule has 0 fully saturated rings. The largest absolute Gasteiger partial charge is 0.310 e. The van der Waals surface area contributed by atoms with Crippen LogP contribution in [0.15, 0.2) is 24.3 Å². The Morgan fingerprint density at radius 2 is 2.29 bits per heavy atom. The minimum atomic E-state index is 0.590. The van der Waals surface area contributed by atoms with E-state index < -0.39 is 0 Å². The van der Waals surface area contributed by atoms with Gasteiger partial charge in [-0.25, -0.2) is 0 Å².